The van der Waals surface area contributed by atoms with Crippen LogP contribution in [0.3, 0.4) is 0 Å². The Kier molecular flexibility index (Phi) is 1.81. The molecule has 0 saturated carbocycles. The van der Waals surface area contributed by atoms with Crippen molar-refractivity contribution < 1.29 is 0 Å². The zero-order valence-corrected chi connectivity index (χ0v) is 7.54. The number of hydrogen-bond donors (Lipinski definition) is 0. The molecule has 0 aliphatic carbocycles. The minimum absolute atomic E-state index is 1.00. The van der Waals surface area contributed by atoms with Gasteiger partial charge in [-0.3, -0.25) is 0 Å². The first-order chi connectivity index (χ1) is 5.77. The molecule has 0 fully saturated rings. The second-order valence-electron chi connectivity index (χ2n) is 3.37. The molecule has 2 rings (SSSR count). The Hall–Kier alpha value is -0.960. The van der Waals surface area contributed by atoms with E-state index in [1.807, 2.05) is 0 Å². The van der Waals surface area contributed by atoms with Gasteiger partial charge in [-0.1, -0.05) is 0 Å². The van der Waals surface area contributed by atoms with Crippen LogP contribution in [0.25, 0.3) is 0 Å². The van der Waals surface area contributed by atoms with Crippen LogP contribution in [0.2, 0.25) is 0 Å². The van der Waals surface area contributed by atoms with Gasteiger partial charge < -0.3 is 4.90 Å². The Labute approximate surface area is 72.4 Å². The molecule has 0 N–H and O–H groups in total. The highest BCUT2D eigenvalue weighted by Gasteiger charge is 2.15. The Morgan fingerprint density at radius 1 is 1.42 bits per heavy atom. The fourth-order valence-corrected chi connectivity index (χ4v) is 1.62. The molecule has 0 amide bonds. The van der Waals surface area contributed by atoms with Gasteiger partial charge in [0.2, 0.25) is 0 Å². The number of aromatic nitrogens is 2. The van der Waals surface area contributed by atoms with Gasteiger partial charge in [-0.15, -0.1) is 0 Å². The van der Waals surface area contributed by atoms with Crippen molar-refractivity contribution in [2.75, 3.05) is 13.6 Å². The van der Waals surface area contributed by atoms with Crippen molar-refractivity contribution >= 4 is 0 Å². The van der Waals surface area contributed by atoms with Gasteiger partial charge in [0.15, 0.2) is 0 Å². The lowest BCUT2D eigenvalue weighted by atomic mass is 10.1. The number of hydrogen-bond acceptors (Lipinski definition) is 3. The summed E-state index contributed by atoms with van der Waals surface area (Å²) >= 11 is 0. The monoisotopic (exact) mass is 163 g/mol. The molecule has 0 saturated heterocycles. The van der Waals surface area contributed by atoms with Gasteiger partial charge in [0.1, 0.15) is 6.33 Å². The van der Waals surface area contributed by atoms with Crippen LogP contribution in [0.15, 0.2) is 6.33 Å². The molecule has 3 nitrogen and oxygen atoms in total. The summed E-state index contributed by atoms with van der Waals surface area (Å²) in [7, 11) is 2.13. The largest absolute Gasteiger partial charge is 0.302 e. The predicted octanol–water partition coefficient (Wildman–Crippen LogP) is 0.773. The zero-order chi connectivity index (χ0) is 8.55. The van der Waals surface area contributed by atoms with E-state index in [1.165, 1.54) is 11.3 Å². The van der Waals surface area contributed by atoms with Crippen LogP contribution in [0.4, 0.5) is 0 Å². The van der Waals surface area contributed by atoms with E-state index in [2.05, 4.69) is 28.8 Å². The summed E-state index contributed by atoms with van der Waals surface area (Å²) in [6.45, 7) is 4.17. The van der Waals surface area contributed by atoms with E-state index in [4.69, 9.17) is 0 Å². The maximum absolute atomic E-state index is 4.28. The lowest BCUT2D eigenvalue weighted by Gasteiger charge is -2.24. The molecule has 0 aromatic carbocycles. The standard InChI is InChI=1S/C9H13N3/c1-7-8-5-12(2)4-3-9(8)11-6-10-7/h6H,3-5H2,1-2H3. The Bertz CT molecular complexity index is 296. The molecule has 0 bridgehead atoms. The van der Waals surface area contributed by atoms with E-state index >= 15 is 0 Å². The van der Waals surface area contributed by atoms with Crippen LogP contribution in [0.1, 0.15) is 17.0 Å². The van der Waals surface area contributed by atoms with Crippen molar-refractivity contribution in [2.24, 2.45) is 0 Å². The minimum atomic E-state index is 1.00. The summed E-state index contributed by atoms with van der Waals surface area (Å²) < 4.78 is 0. The van der Waals surface area contributed by atoms with E-state index in [0.717, 1.165) is 25.2 Å². The van der Waals surface area contributed by atoms with E-state index in [1.54, 1.807) is 6.33 Å². The summed E-state index contributed by atoms with van der Waals surface area (Å²) in [5.41, 5.74) is 3.69. The number of fused-ring (bicyclic) bond motifs is 1. The third-order valence-corrected chi connectivity index (χ3v) is 2.41. The maximum atomic E-state index is 4.28. The molecule has 2 heterocycles. The van der Waals surface area contributed by atoms with Gasteiger partial charge in [0.25, 0.3) is 0 Å². The lowest BCUT2D eigenvalue weighted by molar-refractivity contribution is 0.308. The molecule has 1 aromatic rings. The van der Waals surface area contributed by atoms with E-state index < -0.39 is 0 Å². The highest BCUT2D eigenvalue weighted by molar-refractivity contribution is 5.25. The molecule has 1 aliphatic heterocycles. The van der Waals surface area contributed by atoms with Crippen molar-refractivity contribution in [1.29, 1.82) is 0 Å². The van der Waals surface area contributed by atoms with E-state index in [0.29, 0.717) is 0 Å². The highest BCUT2D eigenvalue weighted by atomic mass is 15.1. The average Bonchev–Trinajstić information content (AvgIpc) is 2.07. The molecule has 0 atom stereocenters. The molecule has 1 aliphatic rings. The molecular weight excluding hydrogens is 150 g/mol. The highest BCUT2D eigenvalue weighted by Crippen LogP contribution is 2.16. The minimum Gasteiger partial charge on any atom is -0.302 e. The second kappa shape index (κ2) is 2.83. The molecule has 12 heavy (non-hydrogen) atoms. The molecular formula is C9H13N3. The number of aryl methyl sites for hydroxylation is 1. The van der Waals surface area contributed by atoms with Gasteiger partial charge >= 0.3 is 0 Å². The molecule has 0 radical (unpaired) electrons. The van der Waals surface area contributed by atoms with Gasteiger partial charge in [-0.2, -0.15) is 0 Å². The first-order valence-corrected chi connectivity index (χ1v) is 4.25. The fraction of sp³-hybridized carbons (Fsp3) is 0.556. The molecule has 0 spiro atoms. The SMILES string of the molecule is Cc1ncnc2c1CN(C)CC2. The molecule has 3 heteroatoms. The van der Waals surface area contributed by atoms with Crippen molar-refractivity contribution in [1.82, 2.24) is 14.9 Å². The molecule has 0 unspecified atom stereocenters. The fourth-order valence-electron chi connectivity index (χ4n) is 1.62. The smallest absolute Gasteiger partial charge is 0.115 e. The second-order valence-corrected chi connectivity index (χ2v) is 3.37. The summed E-state index contributed by atoms with van der Waals surface area (Å²) in [4.78, 5) is 10.8. The third kappa shape index (κ3) is 1.20. The number of likely N-dealkylation sites (N-methyl/N-ethyl adjacent to an activating group) is 1. The van der Waals surface area contributed by atoms with Crippen LogP contribution >= 0.6 is 0 Å². The van der Waals surface area contributed by atoms with Gasteiger partial charge in [-0.25, -0.2) is 9.97 Å². The average molecular weight is 163 g/mol. The summed E-state index contributed by atoms with van der Waals surface area (Å²) in [5, 5.41) is 0. The van der Waals surface area contributed by atoms with Gasteiger partial charge in [0.05, 0.1) is 0 Å². The Balaban J connectivity index is 2.43. The van der Waals surface area contributed by atoms with Crippen molar-refractivity contribution in [2.45, 2.75) is 19.9 Å². The van der Waals surface area contributed by atoms with Crippen molar-refractivity contribution in [3.8, 4) is 0 Å². The van der Waals surface area contributed by atoms with Crippen molar-refractivity contribution in [3.63, 3.8) is 0 Å². The normalized spacial score (nSPS) is 17.5. The van der Waals surface area contributed by atoms with Crippen LogP contribution in [-0.2, 0) is 13.0 Å². The quantitative estimate of drug-likeness (QED) is 0.565. The lowest BCUT2D eigenvalue weighted by Crippen LogP contribution is -2.28. The first-order valence-electron chi connectivity index (χ1n) is 4.25. The maximum Gasteiger partial charge on any atom is 0.115 e. The summed E-state index contributed by atoms with van der Waals surface area (Å²) in [6, 6.07) is 0. The molecule has 64 valence electrons. The zero-order valence-electron chi connectivity index (χ0n) is 7.54. The van der Waals surface area contributed by atoms with Gasteiger partial charge in [-0.05, 0) is 14.0 Å². The summed E-state index contributed by atoms with van der Waals surface area (Å²) in [6.07, 6.45) is 2.73. The number of rotatable bonds is 0. The topological polar surface area (TPSA) is 29.0 Å². The first kappa shape index (κ1) is 7.68. The third-order valence-electron chi connectivity index (χ3n) is 2.41. The van der Waals surface area contributed by atoms with Crippen LogP contribution in [-0.4, -0.2) is 28.5 Å². The number of nitrogens with zero attached hydrogens (tertiary/aromatic N) is 3. The van der Waals surface area contributed by atoms with Gasteiger partial charge in [0, 0.05) is 36.5 Å². The Morgan fingerprint density at radius 2 is 2.25 bits per heavy atom. The van der Waals surface area contributed by atoms with E-state index in [9.17, 15) is 0 Å². The predicted molar refractivity (Wildman–Crippen MR) is 46.8 cm³/mol. The van der Waals surface area contributed by atoms with E-state index in [-0.39, 0.29) is 0 Å². The summed E-state index contributed by atoms with van der Waals surface area (Å²) in [5.74, 6) is 0. The van der Waals surface area contributed by atoms with Crippen LogP contribution < -0.4 is 0 Å². The molecule has 1 aromatic heterocycles. The van der Waals surface area contributed by atoms with Crippen LogP contribution in [0, 0.1) is 6.92 Å². The Morgan fingerprint density at radius 3 is 3.08 bits per heavy atom. The van der Waals surface area contributed by atoms with Crippen molar-refractivity contribution in [3.05, 3.63) is 23.3 Å². The van der Waals surface area contributed by atoms with Crippen LogP contribution in [0.5, 0.6) is 0 Å².